The molecule has 0 bridgehead atoms. The van der Waals surface area contributed by atoms with E-state index in [9.17, 15) is 9.90 Å². The van der Waals surface area contributed by atoms with Crippen LogP contribution in [0.1, 0.15) is 6.92 Å². The fraction of sp³-hybridized carbons (Fsp3) is 0.125. The van der Waals surface area contributed by atoms with Crippen molar-refractivity contribution in [3.63, 3.8) is 0 Å². The van der Waals surface area contributed by atoms with Gasteiger partial charge in [-0.3, -0.25) is 4.79 Å². The molecule has 0 aliphatic carbocycles. The van der Waals surface area contributed by atoms with Crippen LogP contribution in [0.15, 0.2) is 0 Å². The quantitative estimate of drug-likeness (QED) is 0.349. The van der Waals surface area contributed by atoms with Gasteiger partial charge in [0, 0.05) is 12.6 Å². The van der Waals surface area contributed by atoms with Crippen LogP contribution in [0.4, 0.5) is 5.69 Å². The van der Waals surface area contributed by atoms with Crippen molar-refractivity contribution in [2.45, 2.75) is 6.92 Å². The molecule has 0 saturated carbocycles. The number of benzene rings is 1. The average molecular weight is 198 g/mol. The van der Waals surface area contributed by atoms with E-state index in [1.165, 1.54) is 6.92 Å². The molecular formula is C8H13B4NO2. The molecule has 1 aromatic carbocycles. The zero-order valence-electron chi connectivity index (χ0n) is 9.86. The van der Waals surface area contributed by atoms with Crippen molar-refractivity contribution < 1.29 is 9.90 Å². The molecule has 0 radical (unpaired) electrons. The second-order valence-corrected chi connectivity index (χ2v) is 3.90. The van der Waals surface area contributed by atoms with E-state index in [4.69, 9.17) is 0 Å². The highest BCUT2D eigenvalue weighted by Gasteiger charge is 2.13. The van der Waals surface area contributed by atoms with Crippen molar-refractivity contribution in [1.82, 2.24) is 0 Å². The van der Waals surface area contributed by atoms with Crippen LogP contribution in [0, 0.1) is 0 Å². The Kier molecular flexibility index (Phi) is 3.22. The van der Waals surface area contributed by atoms with E-state index >= 15 is 0 Å². The van der Waals surface area contributed by atoms with Gasteiger partial charge in [0.15, 0.2) is 0 Å². The molecule has 0 atom stereocenters. The van der Waals surface area contributed by atoms with Crippen LogP contribution < -0.4 is 27.2 Å². The SMILES string of the molecule is Bc1c(B)c(NC(C)=O)c(B)c(B)c1O. The van der Waals surface area contributed by atoms with Crippen molar-refractivity contribution in [3.8, 4) is 5.75 Å². The van der Waals surface area contributed by atoms with E-state index in [1.807, 2.05) is 31.4 Å². The highest BCUT2D eigenvalue weighted by molar-refractivity contribution is 6.61. The third kappa shape index (κ3) is 2.06. The van der Waals surface area contributed by atoms with Crippen LogP contribution in [0.2, 0.25) is 0 Å². The second kappa shape index (κ2) is 4.09. The number of phenols is 1. The summed E-state index contributed by atoms with van der Waals surface area (Å²) >= 11 is 0. The molecule has 0 heterocycles. The van der Waals surface area contributed by atoms with Gasteiger partial charge in [-0.2, -0.15) is 0 Å². The lowest BCUT2D eigenvalue weighted by Crippen LogP contribution is -2.43. The summed E-state index contributed by atoms with van der Waals surface area (Å²) in [4.78, 5) is 11.1. The molecule has 0 aliphatic heterocycles. The van der Waals surface area contributed by atoms with E-state index < -0.39 is 0 Å². The molecule has 0 unspecified atom stereocenters. The Morgan fingerprint density at radius 1 is 1.07 bits per heavy atom. The molecule has 0 saturated heterocycles. The maximum absolute atomic E-state index is 11.1. The number of phenolic OH excluding ortho intramolecular Hbond substituents is 1. The van der Waals surface area contributed by atoms with Gasteiger partial charge >= 0.3 is 0 Å². The lowest BCUT2D eigenvalue weighted by Gasteiger charge is -2.18. The molecule has 0 spiro atoms. The molecule has 0 aromatic heterocycles. The molecule has 1 amide bonds. The lowest BCUT2D eigenvalue weighted by atomic mass is 9.68. The van der Waals surface area contributed by atoms with Gasteiger partial charge in [0.05, 0.1) is 0 Å². The average Bonchev–Trinajstić information content (AvgIpc) is 2.18. The maximum atomic E-state index is 11.1. The highest BCUT2D eigenvalue weighted by atomic mass is 16.3. The van der Waals surface area contributed by atoms with Crippen molar-refractivity contribution in [3.05, 3.63) is 0 Å². The van der Waals surface area contributed by atoms with Crippen molar-refractivity contribution in [1.29, 1.82) is 0 Å². The molecule has 7 heteroatoms. The zero-order valence-corrected chi connectivity index (χ0v) is 9.86. The number of hydrogen-bond acceptors (Lipinski definition) is 2. The van der Waals surface area contributed by atoms with Gasteiger partial charge in [0.2, 0.25) is 5.91 Å². The first-order valence-electron chi connectivity index (χ1n) is 4.93. The van der Waals surface area contributed by atoms with Gasteiger partial charge in [-0.05, 0) is 0 Å². The van der Waals surface area contributed by atoms with Gasteiger partial charge in [-0.25, -0.2) is 0 Å². The summed E-state index contributed by atoms with van der Waals surface area (Å²) in [5, 5.41) is 12.6. The smallest absolute Gasteiger partial charge is 0.221 e. The molecule has 1 rings (SSSR count). The Morgan fingerprint density at radius 2 is 1.47 bits per heavy atom. The normalized spacial score (nSPS) is 9.93. The van der Waals surface area contributed by atoms with Crippen LogP contribution in [-0.2, 0) is 4.79 Å². The van der Waals surface area contributed by atoms with Gasteiger partial charge in [0.25, 0.3) is 0 Å². The highest BCUT2D eigenvalue weighted by Crippen LogP contribution is 2.01. The number of carbonyl (C=O) groups is 1. The number of anilines is 1. The Hall–Kier alpha value is -1.25. The molecule has 0 fully saturated rings. The summed E-state index contributed by atoms with van der Waals surface area (Å²) in [5.41, 5.74) is 4.30. The predicted octanol–water partition coefficient (Wildman–Crippen LogP) is -5.62. The summed E-state index contributed by atoms with van der Waals surface area (Å²) in [6.07, 6.45) is 0. The summed E-state index contributed by atoms with van der Waals surface area (Å²) < 4.78 is 0. The molecule has 74 valence electrons. The van der Waals surface area contributed by atoms with Gasteiger partial charge in [-0.15, -0.1) is 0 Å². The van der Waals surface area contributed by atoms with Crippen molar-refractivity contribution in [2.75, 3.05) is 5.32 Å². The third-order valence-corrected chi connectivity index (χ3v) is 2.89. The fourth-order valence-corrected chi connectivity index (χ4v) is 1.66. The summed E-state index contributed by atoms with van der Waals surface area (Å²) in [6.45, 7) is 1.48. The van der Waals surface area contributed by atoms with Crippen LogP contribution in [0.25, 0.3) is 0 Å². The van der Waals surface area contributed by atoms with Crippen LogP contribution in [0.5, 0.6) is 5.75 Å². The molecule has 0 aliphatic rings. The maximum Gasteiger partial charge on any atom is 0.221 e. The van der Waals surface area contributed by atoms with E-state index in [1.54, 1.807) is 0 Å². The van der Waals surface area contributed by atoms with Crippen LogP contribution in [-0.4, -0.2) is 42.4 Å². The van der Waals surface area contributed by atoms with E-state index in [-0.39, 0.29) is 5.91 Å². The van der Waals surface area contributed by atoms with E-state index in [2.05, 4.69) is 5.32 Å². The summed E-state index contributed by atoms with van der Waals surface area (Å²) in [7, 11) is 7.49. The summed E-state index contributed by atoms with van der Waals surface area (Å²) in [6, 6.07) is 0. The topological polar surface area (TPSA) is 49.3 Å². The molecule has 2 N–H and O–H groups in total. The number of aromatic hydroxyl groups is 1. The first-order valence-corrected chi connectivity index (χ1v) is 4.93. The minimum atomic E-state index is -0.0920. The van der Waals surface area contributed by atoms with E-state index in [0.29, 0.717) is 5.75 Å². The van der Waals surface area contributed by atoms with E-state index in [0.717, 1.165) is 27.5 Å². The second-order valence-electron chi connectivity index (χ2n) is 3.90. The van der Waals surface area contributed by atoms with Crippen LogP contribution >= 0.6 is 0 Å². The zero-order chi connectivity index (χ0) is 11.7. The number of hydrogen-bond donors (Lipinski definition) is 2. The standard InChI is InChI=1S/C8H13B4NO2/c1-2(14)13-7-3(9)5(11)8(15)6(12)4(7)10/h15H,9-12H2,1H3,(H,13,14). The Morgan fingerprint density at radius 3 is 1.80 bits per heavy atom. The number of rotatable bonds is 1. The fourth-order valence-electron chi connectivity index (χ4n) is 1.66. The first kappa shape index (κ1) is 11.8. The van der Waals surface area contributed by atoms with Gasteiger partial charge < -0.3 is 10.4 Å². The number of amides is 1. The minimum absolute atomic E-state index is 0.0920. The first-order chi connectivity index (χ1) is 6.86. The van der Waals surface area contributed by atoms with Crippen molar-refractivity contribution in [2.24, 2.45) is 0 Å². The number of nitrogens with one attached hydrogen (secondary N) is 1. The molecule has 3 nitrogen and oxygen atoms in total. The minimum Gasteiger partial charge on any atom is -0.509 e. The third-order valence-electron chi connectivity index (χ3n) is 2.89. The Balaban J connectivity index is 3.45. The molecular weight excluding hydrogens is 185 g/mol. The lowest BCUT2D eigenvalue weighted by molar-refractivity contribution is -0.114. The molecule has 15 heavy (non-hydrogen) atoms. The van der Waals surface area contributed by atoms with Crippen molar-refractivity contribution >= 4 is 64.8 Å². The Bertz CT molecular complexity index is 404. The van der Waals surface area contributed by atoms with Gasteiger partial charge in [-0.1, -0.05) is 21.9 Å². The largest absolute Gasteiger partial charge is 0.509 e. The Labute approximate surface area is 93.3 Å². The monoisotopic (exact) mass is 199 g/mol. The summed E-state index contributed by atoms with van der Waals surface area (Å²) in [5.74, 6) is 0.227. The van der Waals surface area contributed by atoms with Gasteiger partial charge in [0.1, 0.15) is 37.1 Å². The molecule has 1 aromatic rings. The van der Waals surface area contributed by atoms with Crippen LogP contribution in [0.3, 0.4) is 0 Å². The number of carbonyl (C=O) groups excluding carboxylic acids is 1. The predicted molar refractivity (Wildman–Crippen MR) is 75.1 cm³/mol.